The van der Waals surface area contributed by atoms with Gasteiger partial charge in [0.05, 0.1) is 17.6 Å². The molecule has 1 unspecified atom stereocenters. The molecule has 0 heterocycles. The van der Waals surface area contributed by atoms with Crippen molar-refractivity contribution >= 4 is 12.0 Å². The molecule has 102 valence electrons. The molecule has 0 fully saturated rings. The number of rotatable bonds is 4. The van der Waals surface area contributed by atoms with E-state index in [2.05, 4.69) is 0 Å². The molecule has 0 amide bonds. The molecule has 0 spiro atoms. The van der Waals surface area contributed by atoms with Gasteiger partial charge in [0.1, 0.15) is 6.29 Å². The Bertz CT molecular complexity index is 506. The molecule has 0 bridgehead atoms. The minimum atomic E-state index is -4.54. The van der Waals surface area contributed by atoms with E-state index in [1.807, 2.05) is 6.07 Å². The third-order valence-corrected chi connectivity index (χ3v) is 2.64. The van der Waals surface area contributed by atoms with Gasteiger partial charge in [-0.1, -0.05) is 0 Å². The summed E-state index contributed by atoms with van der Waals surface area (Å²) in [6, 6.07) is 5.35. The quantitative estimate of drug-likeness (QED) is 0.789. The van der Waals surface area contributed by atoms with E-state index in [-0.39, 0.29) is 17.8 Å². The second kappa shape index (κ2) is 5.74. The zero-order chi connectivity index (χ0) is 14.6. The van der Waals surface area contributed by atoms with Crippen LogP contribution in [0.25, 0.3) is 0 Å². The van der Waals surface area contributed by atoms with Gasteiger partial charge in [0.15, 0.2) is 0 Å². The van der Waals surface area contributed by atoms with Gasteiger partial charge in [-0.05, 0) is 25.1 Å². The highest BCUT2D eigenvalue weighted by atomic mass is 19.4. The lowest BCUT2D eigenvalue weighted by molar-refractivity contribution is -0.137. The molecule has 1 aromatic rings. The number of alkyl halides is 3. The van der Waals surface area contributed by atoms with Crippen LogP contribution in [0.5, 0.6) is 0 Å². The van der Waals surface area contributed by atoms with Crippen molar-refractivity contribution in [2.45, 2.75) is 13.1 Å². The van der Waals surface area contributed by atoms with Gasteiger partial charge < -0.3 is 4.90 Å². The number of halogens is 3. The standard InChI is InChI=1S/C13H13F3N2O/c1-9(6-17)7-18(2)12-4-3-10(8-19)5-11(12)13(14,15)16/h3-5,8-9H,7H2,1-2H3. The highest BCUT2D eigenvalue weighted by molar-refractivity contribution is 5.77. The van der Waals surface area contributed by atoms with Crippen LogP contribution in [0.4, 0.5) is 18.9 Å². The molecular weight excluding hydrogens is 257 g/mol. The van der Waals surface area contributed by atoms with E-state index in [0.29, 0.717) is 6.29 Å². The second-order valence-corrected chi connectivity index (χ2v) is 4.30. The van der Waals surface area contributed by atoms with Gasteiger partial charge in [0.25, 0.3) is 0 Å². The van der Waals surface area contributed by atoms with Crippen LogP contribution in [0, 0.1) is 17.2 Å². The number of anilines is 1. The smallest absolute Gasteiger partial charge is 0.373 e. The Labute approximate surface area is 109 Å². The van der Waals surface area contributed by atoms with E-state index < -0.39 is 17.7 Å². The summed E-state index contributed by atoms with van der Waals surface area (Å²) in [7, 11) is 1.49. The normalized spacial score (nSPS) is 12.6. The van der Waals surface area contributed by atoms with Crippen molar-refractivity contribution in [1.29, 1.82) is 5.26 Å². The minimum Gasteiger partial charge on any atom is -0.373 e. The third-order valence-electron chi connectivity index (χ3n) is 2.64. The van der Waals surface area contributed by atoms with Crippen molar-refractivity contribution in [1.82, 2.24) is 0 Å². The fourth-order valence-electron chi connectivity index (χ4n) is 1.74. The molecule has 0 saturated carbocycles. The Kier molecular flexibility index (Phi) is 4.54. The van der Waals surface area contributed by atoms with Crippen LogP contribution in [0.3, 0.4) is 0 Å². The van der Waals surface area contributed by atoms with Crippen molar-refractivity contribution in [2.75, 3.05) is 18.5 Å². The Morgan fingerprint density at radius 3 is 2.58 bits per heavy atom. The molecule has 0 aliphatic heterocycles. The number of carbonyl (C=O) groups is 1. The topological polar surface area (TPSA) is 44.1 Å². The molecular formula is C13H13F3N2O. The molecule has 0 aliphatic rings. The zero-order valence-electron chi connectivity index (χ0n) is 10.5. The number of aldehydes is 1. The maximum Gasteiger partial charge on any atom is 0.418 e. The summed E-state index contributed by atoms with van der Waals surface area (Å²) < 4.78 is 38.8. The lowest BCUT2D eigenvalue weighted by Crippen LogP contribution is -2.26. The summed E-state index contributed by atoms with van der Waals surface area (Å²) in [6.07, 6.45) is -4.17. The predicted octanol–water partition coefficient (Wildman–Crippen LogP) is 3.11. The summed E-state index contributed by atoms with van der Waals surface area (Å²) >= 11 is 0. The number of carbonyl (C=O) groups excluding carboxylic acids is 1. The Morgan fingerprint density at radius 2 is 2.11 bits per heavy atom. The third kappa shape index (κ3) is 3.71. The van der Waals surface area contributed by atoms with Crippen molar-refractivity contribution in [3.8, 4) is 6.07 Å². The first-order valence-corrected chi connectivity index (χ1v) is 5.56. The highest BCUT2D eigenvalue weighted by Crippen LogP contribution is 2.36. The molecule has 19 heavy (non-hydrogen) atoms. The van der Waals surface area contributed by atoms with E-state index in [4.69, 9.17) is 5.26 Å². The SMILES string of the molecule is CC(C#N)CN(C)c1ccc(C=O)cc1C(F)(F)F. The van der Waals surface area contributed by atoms with Gasteiger partial charge >= 0.3 is 6.18 Å². The second-order valence-electron chi connectivity index (χ2n) is 4.30. The first kappa shape index (κ1) is 15.0. The van der Waals surface area contributed by atoms with Gasteiger partial charge in [-0.3, -0.25) is 4.79 Å². The monoisotopic (exact) mass is 270 g/mol. The van der Waals surface area contributed by atoms with E-state index >= 15 is 0 Å². The largest absolute Gasteiger partial charge is 0.418 e. The van der Waals surface area contributed by atoms with Crippen molar-refractivity contribution in [3.05, 3.63) is 29.3 Å². The maximum absolute atomic E-state index is 12.9. The highest BCUT2D eigenvalue weighted by Gasteiger charge is 2.34. The Balaban J connectivity index is 3.20. The lowest BCUT2D eigenvalue weighted by atomic mass is 10.1. The van der Waals surface area contributed by atoms with E-state index in [0.717, 1.165) is 6.07 Å². The summed E-state index contributed by atoms with van der Waals surface area (Å²) in [6.45, 7) is 1.81. The van der Waals surface area contributed by atoms with Crippen molar-refractivity contribution in [2.24, 2.45) is 5.92 Å². The van der Waals surface area contributed by atoms with Crippen LogP contribution < -0.4 is 4.90 Å². The van der Waals surface area contributed by atoms with Crippen LogP contribution >= 0.6 is 0 Å². The first-order chi connectivity index (χ1) is 8.79. The molecule has 3 nitrogen and oxygen atoms in total. The lowest BCUT2D eigenvalue weighted by Gasteiger charge is -2.24. The average Bonchev–Trinajstić information content (AvgIpc) is 2.36. The maximum atomic E-state index is 12.9. The molecule has 1 atom stereocenters. The van der Waals surface area contributed by atoms with Crippen LogP contribution in [0.2, 0.25) is 0 Å². The minimum absolute atomic E-state index is 0.0298. The number of nitriles is 1. The van der Waals surface area contributed by atoms with E-state index in [1.165, 1.54) is 24.1 Å². The molecule has 0 N–H and O–H groups in total. The summed E-state index contributed by atoms with van der Waals surface area (Å²) in [4.78, 5) is 11.9. The van der Waals surface area contributed by atoms with E-state index in [1.54, 1.807) is 6.92 Å². The zero-order valence-corrected chi connectivity index (χ0v) is 10.5. The first-order valence-electron chi connectivity index (χ1n) is 5.56. The summed E-state index contributed by atoms with van der Waals surface area (Å²) in [5.41, 5.74) is -0.942. The molecule has 6 heteroatoms. The van der Waals surface area contributed by atoms with Gasteiger partial charge in [-0.15, -0.1) is 0 Å². The van der Waals surface area contributed by atoms with Crippen LogP contribution in [0.15, 0.2) is 18.2 Å². The summed E-state index contributed by atoms with van der Waals surface area (Å²) in [5, 5.41) is 8.70. The van der Waals surface area contributed by atoms with Gasteiger partial charge in [0.2, 0.25) is 0 Å². The molecule has 0 aromatic heterocycles. The van der Waals surface area contributed by atoms with Crippen LogP contribution in [-0.2, 0) is 6.18 Å². The molecule has 1 rings (SSSR count). The van der Waals surface area contributed by atoms with Crippen LogP contribution in [0.1, 0.15) is 22.8 Å². The fraction of sp³-hybridized carbons (Fsp3) is 0.385. The summed E-state index contributed by atoms with van der Waals surface area (Å²) in [5.74, 6) is -0.392. The van der Waals surface area contributed by atoms with Gasteiger partial charge in [0, 0.05) is 24.8 Å². The fourth-order valence-corrected chi connectivity index (χ4v) is 1.74. The van der Waals surface area contributed by atoms with Gasteiger partial charge in [-0.25, -0.2) is 0 Å². The van der Waals surface area contributed by atoms with Crippen molar-refractivity contribution in [3.63, 3.8) is 0 Å². The number of hydrogen-bond donors (Lipinski definition) is 0. The molecule has 1 aromatic carbocycles. The molecule has 0 radical (unpaired) electrons. The Hall–Kier alpha value is -2.03. The number of benzene rings is 1. The van der Waals surface area contributed by atoms with Crippen LogP contribution in [-0.4, -0.2) is 19.9 Å². The predicted molar refractivity (Wildman–Crippen MR) is 64.9 cm³/mol. The van der Waals surface area contributed by atoms with E-state index in [9.17, 15) is 18.0 Å². The van der Waals surface area contributed by atoms with Crippen molar-refractivity contribution < 1.29 is 18.0 Å². The number of nitrogens with zero attached hydrogens (tertiary/aromatic N) is 2. The average molecular weight is 270 g/mol. The Morgan fingerprint density at radius 1 is 1.47 bits per heavy atom. The molecule has 0 saturated heterocycles. The molecule has 0 aliphatic carbocycles. The number of hydrogen-bond acceptors (Lipinski definition) is 3. The van der Waals surface area contributed by atoms with Gasteiger partial charge in [-0.2, -0.15) is 18.4 Å².